The van der Waals surface area contributed by atoms with Crippen molar-refractivity contribution < 1.29 is 0 Å². The van der Waals surface area contributed by atoms with Gasteiger partial charge in [0.1, 0.15) is 0 Å². The van der Waals surface area contributed by atoms with Crippen LogP contribution in [0.2, 0.25) is 0 Å². The summed E-state index contributed by atoms with van der Waals surface area (Å²) in [5, 5.41) is 8.46. The Morgan fingerprint density at radius 2 is 2.14 bits per heavy atom. The Kier molecular flexibility index (Phi) is 5.82. The lowest BCUT2D eigenvalue weighted by molar-refractivity contribution is 0.181. The quantitative estimate of drug-likeness (QED) is 0.905. The molecule has 1 aromatic heterocycles. The molecule has 0 aromatic carbocycles. The van der Waals surface area contributed by atoms with Crippen molar-refractivity contribution in [1.29, 1.82) is 0 Å². The van der Waals surface area contributed by atoms with Gasteiger partial charge in [-0.2, -0.15) is 5.10 Å². The van der Waals surface area contributed by atoms with E-state index in [-0.39, 0.29) is 0 Å². The van der Waals surface area contributed by atoms with Gasteiger partial charge >= 0.3 is 0 Å². The topological polar surface area (TPSA) is 33.1 Å². The van der Waals surface area contributed by atoms with Gasteiger partial charge in [-0.15, -0.1) is 0 Å². The summed E-state index contributed by atoms with van der Waals surface area (Å²) in [4.78, 5) is 2.59. The van der Waals surface area contributed by atoms with E-state index in [1.54, 1.807) is 0 Å². The molecular formula is C17H32N4. The van der Waals surface area contributed by atoms with Crippen LogP contribution in [-0.2, 0) is 6.54 Å². The Morgan fingerprint density at radius 3 is 2.81 bits per heavy atom. The SMILES string of the molecule is CCC(C)n1ccc(CN2CC(C(C)C)NCCC2C)n1. The van der Waals surface area contributed by atoms with Crippen LogP contribution in [0.15, 0.2) is 12.3 Å². The van der Waals surface area contributed by atoms with Crippen LogP contribution in [0.4, 0.5) is 0 Å². The molecule has 4 heteroatoms. The van der Waals surface area contributed by atoms with Crippen LogP contribution in [0.25, 0.3) is 0 Å². The molecule has 3 unspecified atom stereocenters. The van der Waals surface area contributed by atoms with Crippen LogP contribution in [0.1, 0.15) is 59.2 Å². The molecule has 4 nitrogen and oxygen atoms in total. The number of aromatic nitrogens is 2. The first kappa shape index (κ1) is 16.5. The average Bonchev–Trinajstić information content (AvgIpc) is 2.84. The van der Waals surface area contributed by atoms with Gasteiger partial charge < -0.3 is 5.32 Å². The lowest BCUT2D eigenvalue weighted by Gasteiger charge is -2.29. The maximum Gasteiger partial charge on any atom is 0.0765 e. The third-order valence-corrected chi connectivity index (χ3v) is 4.90. The minimum absolute atomic E-state index is 0.491. The lowest BCUT2D eigenvalue weighted by atomic mass is 10.0. The van der Waals surface area contributed by atoms with E-state index in [4.69, 9.17) is 5.10 Å². The number of rotatable bonds is 5. The molecule has 2 heterocycles. The summed E-state index contributed by atoms with van der Waals surface area (Å²) in [6.07, 6.45) is 4.47. The van der Waals surface area contributed by atoms with E-state index >= 15 is 0 Å². The molecule has 120 valence electrons. The van der Waals surface area contributed by atoms with Crippen molar-refractivity contribution in [2.24, 2.45) is 5.92 Å². The summed E-state index contributed by atoms with van der Waals surface area (Å²) in [7, 11) is 0. The van der Waals surface area contributed by atoms with E-state index in [1.807, 2.05) is 0 Å². The van der Waals surface area contributed by atoms with Crippen LogP contribution in [0.5, 0.6) is 0 Å². The molecule has 1 fully saturated rings. The van der Waals surface area contributed by atoms with Crippen molar-refractivity contribution >= 4 is 0 Å². The zero-order valence-corrected chi connectivity index (χ0v) is 14.3. The maximum absolute atomic E-state index is 4.76. The highest BCUT2D eigenvalue weighted by molar-refractivity contribution is 5.01. The zero-order chi connectivity index (χ0) is 15.4. The Labute approximate surface area is 129 Å². The van der Waals surface area contributed by atoms with Gasteiger partial charge in [-0.3, -0.25) is 9.58 Å². The molecule has 1 saturated heterocycles. The summed E-state index contributed by atoms with van der Waals surface area (Å²) < 4.78 is 2.11. The first-order valence-corrected chi connectivity index (χ1v) is 8.52. The molecular weight excluding hydrogens is 260 g/mol. The minimum atomic E-state index is 0.491. The second-order valence-electron chi connectivity index (χ2n) is 6.92. The fourth-order valence-corrected chi connectivity index (χ4v) is 2.93. The maximum atomic E-state index is 4.76. The molecule has 0 bridgehead atoms. The molecule has 0 radical (unpaired) electrons. The fourth-order valence-electron chi connectivity index (χ4n) is 2.93. The Hall–Kier alpha value is -0.870. The van der Waals surface area contributed by atoms with Gasteiger partial charge in [0, 0.05) is 37.4 Å². The molecule has 2 rings (SSSR count). The second-order valence-corrected chi connectivity index (χ2v) is 6.92. The summed E-state index contributed by atoms with van der Waals surface area (Å²) in [5.74, 6) is 0.676. The Balaban J connectivity index is 2.03. The number of nitrogens with one attached hydrogen (secondary N) is 1. The van der Waals surface area contributed by atoms with Gasteiger partial charge in [0.2, 0.25) is 0 Å². The van der Waals surface area contributed by atoms with Gasteiger partial charge in [-0.05, 0) is 45.2 Å². The smallest absolute Gasteiger partial charge is 0.0765 e. The molecule has 21 heavy (non-hydrogen) atoms. The van der Waals surface area contributed by atoms with E-state index in [0.29, 0.717) is 24.0 Å². The van der Waals surface area contributed by atoms with E-state index in [1.165, 1.54) is 12.1 Å². The molecule has 0 saturated carbocycles. The molecule has 1 N–H and O–H groups in total. The monoisotopic (exact) mass is 292 g/mol. The van der Waals surface area contributed by atoms with Crippen LogP contribution >= 0.6 is 0 Å². The molecule has 1 aliphatic heterocycles. The Bertz CT molecular complexity index is 426. The minimum Gasteiger partial charge on any atom is -0.312 e. The van der Waals surface area contributed by atoms with Crippen LogP contribution < -0.4 is 5.32 Å². The largest absolute Gasteiger partial charge is 0.312 e. The normalized spacial score (nSPS) is 26.0. The summed E-state index contributed by atoms with van der Waals surface area (Å²) in [6, 6.07) is 3.88. The van der Waals surface area contributed by atoms with Crippen molar-refractivity contribution in [3.8, 4) is 0 Å². The summed E-state index contributed by atoms with van der Waals surface area (Å²) in [6.45, 7) is 14.6. The number of nitrogens with zero attached hydrogens (tertiary/aromatic N) is 3. The van der Waals surface area contributed by atoms with Gasteiger partial charge in [0.05, 0.1) is 5.69 Å². The van der Waals surface area contributed by atoms with E-state index in [9.17, 15) is 0 Å². The van der Waals surface area contributed by atoms with Crippen molar-refractivity contribution in [2.45, 2.75) is 72.1 Å². The molecule has 3 atom stereocenters. The fraction of sp³-hybridized carbons (Fsp3) is 0.824. The van der Waals surface area contributed by atoms with Crippen molar-refractivity contribution in [3.63, 3.8) is 0 Å². The molecule has 0 amide bonds. The van der Waals surface area contributed by atoms with Crippen molar-refractivity contribution in [1.82, 2.24) is 20.0 Å². The standard InChI is InChI=1S/C17H32N4/c1-6-14(4)21-10-8-16(19-21)11-20-12-17(13(2)3)18-9-7-15(20)5/h8,10,13-15,17-18H,6-7,9,11-12H2,1-5H3. The Morgan fingerprint density at radius 1 is 1.38 bits per heavy atom. The highest BCUT2D eigenvalue weighted by atomic mass is 15.3. The van der Waals surface area contributed by atoms with E-state index in [0.717, 1.165) is 26.1 Å². The van der Waals surface area contributed by atoms with E-state index in [2.05, 4.69) is 61.8 Å². The number of hydrogen-bond acceptors (Lipinski definition) is 3. The first-order valence-electron chi connectivity index (χ1n) is 8.52. The third-order valence-electron chi connectivity index (χ3n) is 4.90. The summed E-state index contributed by atoms with van der Waals surface area (Å²) >= 11 is 0. The predicted octanol–water partition coefficient (Wildman–Crippen LogP) is 3.06. The molecule has 0 aliphatic carbocycles. The first-order chi connectivity index (χ1) is 10.0. The highest BCUT2D eigenvalue weighted by Crippen LogP contribution is 2.17. The van der Waals surface area contributed by atoms with Crippen LogP contribution in [0.3, 0.4) is 0 Å². The van der Waals surface area contributed by atoms with Gasteiger partial charge in [0.15, 0.2) is 0 Å². The third kappa shape index (κ3) is 4.30. The van der Waals surface area contributed by atoms with Crippen molar-refractivity contribution in [3.05, 3.63) is 18.0 Å². The van der Waals surface area contributed by atoms with Gasteiger partial charge in [-0.1, -0.05) is 20.8 Å². The van der Waals surface area contributed by atoms with Crippen LogP contribution in [-0.4, -0.2) is 39.9 Å². The number of hydrogen-bond donors (Lipinski definition) is 1. The van der Waals surface area contributed by atoms with Crippen LogP contribution in [0, 0.1) is 5.92 Å². The molecule has 1 aliphatic rings. The average molecular weight is 292 g/mol. The predicted molar refractivity (Wildman–Crippen MR) is 88.3 cm³/mol. The zero-order valence-electron chi connectivity index (χ0n) is 14.3. The van der Waals surface area contributed by atoms with E-state index < -0.39 is 0 Å². The lowest BCUT2D eigenvalue weighted by Crippen LogP contribution is -2.42. The molecule has 0 spiro atoms. The second kappa shape index (κ2) is 7.41. The highest BCUT2D eigenvalue weighted by Gasteiger charge is 2.25. The van der Waals surface area contributed by atoms with Gasteiger partial charge in [-0.25, -0.2) is 0 Å². The summed E-state index contributed by atoms with van der Waals surface area (Å²) in [5.41, 5.74) is 1.20. The van der Waals surface area contributed by atoms with Crippen molar-refractivity contribution in [2.75, 3.05) is 13.1 Å². The van der Waals surface area contributed by atoms with Gasteiger partial charge in [0.25, 0.3) is 0 Å². The molecule has 1 aromatic rings.